The van der Waals surface area contributed by atoms with Crippen LogP contribution in [0.5, 0.6) is 0 Å². The zero-order chi connectivity index (χ0) is 9.80. The van der Waals surface area contributed by atoms with E-state index in [1.165, 1.54) is 0 Å². The fourth-order valence-electron chi connectivity index (χ4n) is 1.74. The summed E-state index contributed by atoms with van der Waals surface area (Å²) in [6.45, 7) is 2.16. The van der Waals surface area contributed by atoms with Crippen molar-refractivity contribution in [3.63, 3.8) is 0 Å². The van der Waals surface area contributed by atoms with Crippen LogP contribution in [0.1, 0.15) is 30.1 Å². The van der Waals surface area contributed by atoms with Crippen molar-refractivity contribution in [2.24, 2.45) is 5.73 Å². The van der Waals surface area contributed by atoms with E-state index in [0.29, 0.717) is 12.5 Å². The van der Waals surface area contributed by atoms with Gasteiger partial charge in [0.1, 0.15) is 6.33 Å². The molecule has 0 spiro atoms. The monoisotopic (exact) mass is 193 g/mol. The second-order valence-electron chi connectivity index (χ2n) is 3.52. The third-order valence-electron chi connectivity index (χ3n) is 2.59. The van der Waals surface area contributed by atoms with Crippen LogP contribution in [0.3, 0.4) is 0 Å². The third-order valence-corrected chi connectivity index (χ3v) is 2.59. The lowest BCUT2D eigenvalue weighted by atomic mass is 9.96. The standard InChI is InChI=1S/C10H15N3O/c11-6-9-5-10(13-7-12-9)8-1-3-14-4-2-8/h5,7-8H,1-4,6,11H2. The molecule has 0 aliphatic carbocycles. The lowest BCUT2D eigenvalue weighted by molar-refractivity contribution is 0.0844. The number of hydrogen-bond acceptors (Lipinski definition) is 4. The average Bonchev–Trinajstić information content (AvgIpc) is 2.30. The van der Waals surface area contributed by atoms with Crippen molar-refractivity contribution in [1.82, 2.24) is 9.97 Å². The van der Waals surface area contributed by atoms with E-state index in [9.17, 15) is 0 Å². The lowest BCUT2D eigenvalue weighted by Crippen LogP contribution is -2.15. The van der Waals surface area contributed by atoms with Crippen molar-refractivity contribution in [3.05, 3.63) is 23.8 Å². The van der Waals surface area contributed by atoms with E-state index >= 15 is 0 Å². The number of rotatable bonds is 2. The van der Waals surface area contributed by atoms with Gasteiger partial charge < -0.3 is 10.5 Å². The molecule has 1 aromatic heterocycles. The molecule has 2 N–H and O–H groups in total. The highest BCUT2D eigenvalue weighted by atomic mass is 16.5. The number of nitrogens with zero attached hydrogens (tertiary/aromatic N) is 2. The summed E-state index contributed by atoms with van der Waals surface area (Å²) < 4.78 is 5.31. The van der Waals surface area contributed by atoms with Gasteiger partial charge in [-0.15, -0.1) is 0 Å². The predicted octanol–water partition coefficient (Wildman–Crippen LogP) is 0.829. The Balaban J connectivity index is 2.13. The molecule has 2 rings (SSSR count). The Morgan fingerprint density at radius 3 is 2.86 bits per heavy atom. The Labute approximate surface area is 83.5 Å². The van der Waals surface area contributed by atoms with Crippen molar-refractivity contribution < 1.29 is 4.74 Å². The summed E-state index contributed by atoms with van der Waals surface area (Å²) in [6, 6.07) is 2.01. The van der Waals surface area contributed by atoms with Crippen LogP contribution in [0.2, 0.25) is 0 Å². The van der Waals surface area contributed by atoms with Crippen molar-refractivity contribution >= 4 is 0 Å². The van der Waals surface area contributed by atoms with Crippen LogP contribution < -0.4 is 5.73 Å². The second-order valence-corrected chi connectivity index (χ2v) is 3.52. The van der Waals surface area contributed by atoms with Crippen molar-refractivity contribution in [3.8, 4) is 0 Å². The first kappa shape index (κ1) is 9.55. The van der Waals surface area contributed by atoms with E-state index < -0.39 is 0 Å². The molecule has 14 heavy (non-hydrogen) atoms. The van der Waals surface area contributed by atoms with E-state index in [1.54, 1.807) is 6.33 Å². The summed E-state index contributed by atoms with van der Waals surface area (Å²) in [7, 11) is 0. The van der Waals surface area contributed by atoms with E-state index in [0.717, 1.165) is 37.4 Å². The van der Waals surface area contributed by atoms with Crippen LogP contribution in [0, 0.1) is 0 Å². The smallest absolute Gasteiger partial charge is 0.115 e. The van der Waals surface area contributed by atoms with Crippen molar-refractivity contribution in [2.45, 2.75) is 25.3 Å². The largest absolute Gasteiger partial charge is 0.381 e. The van der Waals surface area contributed by atoms with Gasteiger partial charge in [0.2, 0.25) is 0 Å². The minimum Gasteiger partial charge on any atom is -0.381 e. The minimum absolute atomic E-state index is 0.485. The molecular formula is C10H15N3O. The molecule has 2 heterocycles. The Kier molecular flexibility index (Phi) is 3.06. The number of nitrogens with two attached hydrogens (primary N) is 1. The van der Waals surface area contributed by atoms with Crippen LogP contribution >= 0.6 is 0 Å². The maximum atomic E-state index is 5.53. The van der Waals surface area contributed by atoms with Gasteiger partial charge in [-0.1, -0.05) is 0 Å². The second kappa shape index (κ2) is 4.48. The molecule has 76 valence electrons. The molecule has 1 aromatic rings. The molecule has 1 saturated heterocycles. The molecule has 0 atom stereocenters. The Morgan fingerprint density at radius 1 is 1.36 bits per heavy atom. The number of ether oxygens (including phenoxy) is 1. The molecule has 1 aliphatic rings. The van der Waals surface area contributed by atoms with Gasteiger partial charge in [-0.05, 0) is 18.9 Å². The number of hydrogen-bond donors (Lipinski definition) is 1. The van der Waals surface area contributed by atoms with Gasteiger partial charge in [-0.2, -0.15) is 0 Å². The quantitative estimate of drug-likeness (QED) is 0.755. The molecule has 4 nitrogen and oxygen atoms in total. The van der Waals surface area contributed by atoms with Gasteiger partial charge >= 0.3 is 0 Å². The first-order valence-electron chi connectivity index (χ1n) is 4.99. The van der Waals surface area contributed by atoms with Crippen LogP contribution in [0.25, 0.3) is 0 Å². The summed E-state index contributed by atoms with van der Waals surface area (Å²) in [5, 5.41) is 0. The van der Waals surface area contributed by atoms with E-state index in [4.69, 9.17) is 10.5 Å². The average molecular weight is 193 g/mol. The van der Waals surface area contributed by atoms with Gasteiger partial charge in [0, 0.05) is 31.4 Å². The summed E-state index contributed by atoms with van der Waals surface area (Å²) in [5.74, 6) is 0.525. The van der Waals surface area contributed by atoms with Crippen LogP contribution in [-0.4, -0.2) is 23.2 Å². The van der Waals surface area contributed by atoms with Crippen molar-refractivity contribution in [1.29, 1.82) is 0 Å². The molecule has 0 aromatic carbocycles. The van der Waals surface area contributed by atoms with Gasteiger partial charge in [0.15, 0.2) is 0 Å². The van der Waals surface area contributed by atoms with Crippen LogP contribution in [-0.2, 0) is 11.3 Å². The molecule has 4 heteroatoms. The highest BCUT2D eigenvalue weighted by Gasteiger charge is 2.17. The number of aromatic nitrogens is 2. The fourth-order valence-corrected chi connectivity index (χ4v) is 1.74. The summed E-state index contributed by atoms with van der Waals surface area (Å²) in [6.07, 6.45) is 3.72. The maximum Gasteiger partial charge on any atom is 0.115 e. The zero-order valence-corrected chi connectivity index (χ0v) is 8.15. The first-order chi connectivity index (χ1) is 6.90. The van der Waals surface area contributed by atoms with Crippen molar-refractivity contribution in [2.75, 3.05) is 13.2 Å². The topological polar surface area (TPSA) is 61.0 Å². The molecule has 0 amide bonds. The third kappa shape index (κ3) is 2.08. The van der Waals surface area contributed by atoms with E-state index in [2.05, 4.69) is 9.97 Å². The van der Waals surface area contributed by atoms with Gasteiger partial charge in [0.25, 0.3) is 0 Å². The first-order valence-corrected chi connectivity index (χ1v) is 4.99. The van der Waals surface area contributed by atoms with Gasteiger partial charge in [0.05, 0.1) is 5.69 Å². The highest BCUT2D eigenvalue weighted by molar-refractivity contribution is 5.13. The molecule has 0 radical (unpaired) electrons. The summed E-state index contributed by atoms with van der Waals surface area (Å²) in [5.41, 5.74) is 7.57. The molecule has 1 aliphatic heterocycles. The zero-order valence-electron chi connectivity index (χ0n) is 8.15. The Morgan fingerprint density at radius 2 is 2.14 bits per heavy atom. The molecule has 0 saturated carbocycles. The SMILES string of the molecule is NCc1cc(C2CCOCC2)ncn1. The van der Waals surface area contributed by atoms with E-state index in [-0.39, 0.29) is 0 Å². The summed E-state index contributed by atoms with van der Waals surface area (Å²) in [4.78, 5) is 8.37. The Hall–Kier alpha value is -1.00. The highest BCUT2D eigenvalue weighted by Crippen LogP contribution is 2.24. The predicted molar refractivity (Wildman–Crippen MR) is 52.7 cm³/mol. The Bertz CT molecular complexity index is 297. The lowest BCUT2D eigenvalue weighted by Gasteiger charge is -2.21. The minimum atomic E-state index is 0.485. The molecular weight excluding hydrogens is 178 g/mol. The van der Waals surface area contributed by atoms with Gasteiger partial charge in [-0.3, -0.25) is 0 Å². The summed E-state index contributed by atoms with van der Waals surface area (Å²) >= 11 is 0. The van der Waals surface area contributed by atoms with Gasteiger partial charge in [-0.25, -0.2) is 9.97 Å². The molecule has 0 bridgehead atoms. The molecule has 0 unspecified atom stereocenters. The van der Waals surface area contributed by atoms with Crippen LogP contribution in [0.4, 0.5) is 0 Å². The van der Waals surface area contributed by atoms with E-state index in [1.807, 2.05) is 6.07 Å². The molecule has 1 fully saturated rings. The normalized spacial score (nSPS) is 18.4. The fraction of sp³-hybridized carbons (Fsp3) is 0.600. The van der Waals surface area contributed by atoms with Crippen LogP contribution in [0.15, 0.2) is 12.4 Å². The maximum absolute atomic E-state index is 5.53.